The van der Waals surface area contributed by atoms with Crippen LogP contribution in [0.2, 0.25) is 0 Å². The highest BCUT2D eigenvalue weighted by Gasteiger charge is 2.33. The third-order valence-corrected chi connectivity index (χ3v) is 7.12. The van der Waals surface area contributed by atoms with Gasteiger partial charge in [-0.25, -0.2) is 0 Å². The first kappa shape index (κ1) is 27.9. The summed E-state index contributed by atoms with van der Waals surface area (Å²) in [7, 11) is 3.61. The number of rotatable bonds is 10. The summed E-state index contributed by atoms with van der Waals surface area (Å²) in [6, 6.07) is 8.65. The summed E-state index contributed by atoms with van der Waals surface area (Å²) in [6.07, 6.45) is 8.17. The summed E-state index contributed by atoms with van der Waals surface area (Å²) in [4.78, 5) is 18.3. The van der Waals surface area contributed by atoms with Crippen LogP contribution in [-0.2, 0) is 22.6 Å². The number of methoxy groups -OCH3 is 1. The summed E-state index contributed by atoms with van der Waals surface area (Å²) in [5, 5.41) is 7.03. The number of hydrogen-bond donors (Lipinski definition) is 3. The third kappa shape index (κ3) is 8.72. The molecule has 1 aromatic carbocycles. The van der Waals surface area contributed by atoms with Gasteiger partial charge in [-0.2, -0.15) is 0 Å². The number of nitrogens with two attached hydrogens (primary N) is 1. The summed E-state index contributed by atoms with van der Waals surface area (Å²) >= 11 is 0. The zero-order valence-corrected chi connectivity index (χ0v) is 22.6. The van der Waals surface area contributed by atoms with E-state index in [4.69, 9.17) is 10.5 Å². The second kappa shape index (κ2) is 14.1. The highest BCUT2D eigenvalue weighted by molar-refractivity contribution is 14.0. The monoisotopic (exact) mass is 571 g/mol. The summed E-state index contributed by atoms with van der Waals surface area (Å²) in [5.74, 6) is 0.655. The smallest absolute Gasteiger partial charge is 0.221 e. The number of carbonyl (C=O) groups excluding carboxylic acids is 1. The van der Waals surface area contributed by atoms with Crippen LogP contribution in [0.4, 0.5) is 0 Å². The fourth-order valence-electron chi connectivity index (χ4n) is 5.16. The molecular weight excluding hydrogens is 529 g/mol. The number of nitrogens with zero attached hydrogens (tertiary/aromatic N) is 2. The van der Waals surface area contributed by atoms with E-state index in [1.54, 1.807) is 7.11 Å². The maximum Gasteiger partial charge on any atom is 0.221 e. The molecule has 3 rings (SSSR count). The van der Waals surface area contributed by atoms with Crippen molar-refractivity contribution in [3.63, 3.8) is 0 Å². The van der Waals surface area contributed by atoms with Crippen molar-refractivity contribution in [2.45, 2.75) is 58.0 Å². The molecule has 1 heterocycles. The first-order valence-electron chi connectivity index (χ1n) is 12.1. The van der Waals surface area contributed by atoms with Crippen molar-refractivity contribution in [2.75, 3.05) is 40.4 Å². The van der Waals surface area contributed by atoms with E-state index < -0.39 is 0 Å². The van der Waals surface area contributed by atoms with E-state index in [2.05, 4.69) is 44.8 Å². The maximum atomic E-state index is 11.6. The van der Waals surface area contributed by atoms with Gasteiger partial charge in [-0.05, 0) is 55.2 Å². The van der Waals surface area contributed by atoms with Gasteiger partial charge >= 0.3 is 0 Å². The lowest BCUT2D eigenvalue weighted by Gasteiger charge is -2.31. The van der Waals surface area contributed by atoms with Crippen molar-refractivity contribution >= 4 is 35.8 Å². The van der Waals surface area contributed by atoms with Gasteiger partial charge in [-0.1, -0.05) is 37.1 Å². The number of ether oxygens (including phenoxy) is 1. The Morgan fingerprint density at radius 3 is 2.70 bits per heavy atom. The molecule has 2 aliphatic rings. The molecule has 0 bridgehead atoms. The van der Waals surface area contributed by atoms with Crippen LogP contribution in [0.25, 0.3) is 0 Å². The van der Waals surface area contributed by atoms with E-state index in [9.17, 15) is 4.79 Å². The normalized spacial score (nSPS) is 20.8. The van der Waals surface area contributed by atoms with Gasteiger partial charge < -0.3 is 21.1 Å². The molecule has 0 spiro atoms. The van der Waals surface area contributed by atoms with Crippen LogP contribution < -0.4 is 16.4 Å². The Kier molecular flexibility index (Phi) is 11.9. The van der Waals surface area contributed by atoms with Gasteiger partial charge in [0.2, 0.25) is 5.91 Å². The van der Waals surface area contributed by atoms with E-state index in [0.29, 0.717) is 5.41 Å². The highest BCUT2D eigenvalue weighted by atomic mass is 127. The molecule has 1 aromatic rings. The zero-order chi connectivity index (χ0) is 22.8. The number of aliphatic imine (C=N–C) groups is 1. The first-order chi connectivity index (χ1) is 15.5. The predicted octanol–water partition coefficient (Wildman–Crippen LogP) is 3.26. The van der Waals surface area contributed by atoms with E-state index in [0.717, 1.165) is 64.6 Å². The minimum atomic E-state index is -0.173. The molecule has 7 nitrogen and oxygen atoms in total. The van der Waals surface area contributed by atoms with Crippen LogP contribution in [0.5, 0.6) is 0 Å². The Balaban J connectivity index is 0.00000385. The molecule has 186 valence electrons. The number of likely N-dealkylation sites (tertiary alicyclic amines) is 1. The number of nitrogens with one attached hydrogen (secondary N) is 2. The van der Waals surface area contributed by atoms with Crippen LogP contribution in [0.3, 0.4) is 0 Å². The Bertz CT molecular complexity index is 767. The van der Waals surface area contributed by atoms with Gasteiger partial charge in [0.25, 0.3) is 0 Å². The molecule has 1 saturated carbocycles. The molecule has 1 saturated heterocycles. The van der Waals surface area contributed by atoms with Crippen LogP contribution >= 0.6 is 24.0 Å². The van der Waals surface area contributed by atoms with Crippen molar-refractivity contribution < 1.29 is 9.53 Å². The second-order valence-electron chi connectivity index (χ2n) is 9.53. The topological polar surface area (TPSA) is 92.0 Å². The fourth-order valence-corrected chi connectivity index (χ4v) is 5.16. The quantitative estimate of drug-likeness (QED) is 0.228. The Morgan fingerprint density at radius 1 is 1.24 bits per heavy atom. The van der Waals surface area contributed by atoms with Crippen LogP contribution in [0, 0.1) is 11.3 Å². The summed E-state index contributed by atoms with van der Waals surface area (Å²) in [5.41, 5.74) is 8.34. The van der Waals surface area contributed by atoms with Crippen LogP contribution in [-0.4, -0.2) is 57.2 Å². The number of primary amides is 1. The van der Waals surface area contributed by atoms with E-state index in [-0.39, 0.29) is 35.8 Å². The average molecular weight is 572 g/mol. The molecule has 1 aliphatic carbocycles. The lowest BCUT2D eigenvalue weighted by atomic mass is 9.83. The van der Waals surface area contributed by atoms with E-state index in [1.165, 1.54) is 36.8 Å². The molecule has 8 heteroatoms. The van der Waals surface area contributed by atoms with Crippen LogP contribution in [0.1, 0.15) is 56.1 Å². The first-order valence-corrected chi connectivity index (χ1v) is 12.1. The Labute approximate surface area is 216 Å². The lowest BCUT2D eigenvalue weighted by Crippen LogP contribution is -2.43. The third-order valence-electron chi connectivity index (χ3n) is 7.12. The Morgan fingerprint density at radius 2 is 2.00 bits per heavy atom. The van der Waals surface area contributed by atoms with E-state index in [1.807, 2.05) is 7.05 Å². The maximum absolute atomic E-state index is 11.6. The Hall–Kier alpha value is -1.39. The second-order valence-corrected chi connectivity index (χ2v) is 9.53. The summed E-state index contributed by atoms with van der Waals surface area (Å²) < 4.78 is 5.35. The highest BCUT2D eigenvalue weighted by Crippen LogP contribution is 2.40. The number of hydrogen-bond acceptors (Lipinski definition) is 4. The van der Waals surface area contributed by atoms with Gasteiger partial charge in [0.1, 0.15) is 0 Å². The predicted molar refractivity (Wildman–Crippen MR) is 145 cm³/mol. The average Bonchev–Trinajstić information content (AvgIpc) is 3.27. The summed E-state index contributed by atoms with van der Waals surface area (Å²) in [6.45, 7) is 5.12. The number of carbonyl (C=O) groups is 1. The molecule has 1 amide bonds. The number of guanidine groups is 1. The van der Waals surface area contributed by atoms with Crippen LogP contribution in [0.15, 0.2) is 29.3 Å². The molecule has 33 heavy (non-hydrogen) atoms. The number of benzene rings is 1. The van der Waals surface area contributed by atoms with Crippen molar-refractivity contribution in [2.24, 2.45) is 22.1 Å². The van der Waals surface area contributed by atoms with Crippen molar-refractivity contribution in [1.29, 1.82) is 0 Å². The number of piperidine rings is 1. The number of amides is 1. The zero-order valence-electron chi connectivity index (χ0n) is 20.3. The minimum Gasteiger partial charge on any atom is -0.385 e. The molecule has 1 unspecified atom stereocenters. The van der Waals surface area contributed by atoms with Gasteiger partial charge in [-0.15, -0.1) is 24.0 Å². The van der Waals surface area contributed by atoms with E-state index >= 15 is 0 Å². The van der Waals surface area contributed by atoms with Gasteiger partial charge in [-0.3, -0.25) is 14.7 Å². The van der Waals surface area contributed by atoms with Crippen molar-refractivity contribution in [3.05, 3.63) is 35.4 Å². The largest absolute Gasteiger partial charge is 0.385 e. The lowest BCUT2D eigenvalue weighted by molar-refractivity contribution is -0.123. The molecule has 0 aromatic heterocycles. The van der Waals surface area contributed by atoms with Crippen molar-refractivity contribution in [3.8, 4) is 0 Å². The molecule has 4 N–H and O–H groups in total. The van der Waals surface area contributed by atoms with Gasteiger partial charge in [0, 0.05) is 46.9 Å². The fraction of sp³-hybridized carbons (Fsp3) is 0.680. The molecular formula is C25H42IN5O2. The minimum absolute atomic E-state index is 0. The SMILES string of the molecule is CN=C(NCc1cccc(CN2CCCC(C(N)=O)C2)c1)NCC1(CCOC)CCCC1.I. The standard InChI is InChI=1S/C25H41N5O2.HI/c1-27-24(29-19-25(12-14-32-2)10-3-4-11-25)28-16-20-7-5-8-21(15-20)17-30-13-6-9-22(18-30)23(26)31;/h5,7-8,15,22H,3-4,6,9-14,16-19H2,1-2H3,(H2,26,31)(H2,27,28,29);1H. The molecule has 0 radical (unpaired) electrons. The number of halogens is 1. The van der Waals surface area contributed by atoms with Gasteiger partial charge in [0.15, 0.2) is 5.96 Å². The molecule has 1 atom stereocenters. The van der Waals surface area contributed by atoms with Crippen molar-refractivity contribution in [1.82, 2.24) is 15.5 Å². The molecule has 1 aliphatic heterocycles. The van der Waals surface area contributed by atoms with Gasteiger partial charge in [0.05, 0.1) is 5.92 Å². The molecule has 2 fully saturated rings.